The quantitative estimate of drug-likeness (QED) is 0.224. The molecule has 3 aromatic heterocycles. The van der Waals surface area contributed by atoms with Crippen LogP contribution in [0.25, 0.3) is 80.4 Å². The highest BCUT2D eigenvalue weighted by molar-refractivity contribution is 7.26. The molecular weight excluding hydrogens is 470 g/mol. The van der Waals surface area contributed by atoms with Crippen molar-refractivity contribution >= 4 is 86.0 Å². The molecule has 0 aliphatic heterocycles. The monoisotopic (exact) mass is 489 g/mol. The van der Waals surface area contributed by atoms with E-state index in [-0.39, 0.29) is 0 Å². The van der Waals surface area contributed by atoms with Gasteiger partial charge in [0.15, 0.2) is 0 Å². The molecule has 0 saturated heterocycles. The van der Waals surface area contributed by atoms with Crippen LogP contribution in [0.5, 0.6) is 0 Å². The predicted molar refractivity (Wildman–Crippen MR) is 158 cm³/mol. The average molecular weight is 490 g/mol. The molecule has 0 spiro atoms. The van der Waals surface area contributed by atoms with Gasteiger partial charge in [-0.3, -0.25) is 0 Å². The lowest BCUT2D eigenvalue weighted by Crippen LogP contribution is -1.93. The molecule has 6 aromatic carbocycles. The zero-order chi connectivity index (χ0) is 24.1. The maximum Gasteiger partial charge on any atom is 0.135 e. The number of hydrogen-bond donors (Lipinski definition) is 0. The molecule has 0 saturated carbocycles. The van der Waals surface area contributed by atoms with E-state index in [1.807, 2.05) is 23.5 Å². The maximum atomic E-state index is 6.13. The van der Waals surface area contributed by atoms with Gasteiger partial charge in [-0.05, 0) is 53.9 Å². The summed E-state index contributed by atoms with van der Waals surface area (Å²) in [6, 6.07) is 41.7. The van der Waals surface area contributed by atoms with Crippen molar-refractivity contribution in [1.82, 2.24) is 4.57 Å². The largest absolute Gasteiger partial charge is 0.456 e. The molecule has 0 atom stereocenters. The van der Waals surface area contributed by atoms with Gasteiger partial charge >= 0.3 is 0 Å². The lowest BCUT2D eigenvalue weighted by atomic mass is 10.0. The lowest BCUT2D eigenvalue weighted by molar-refractivity contribution is 0.669. The molecule has 0 unspecified atom stereocenters. The number of hydrogen-bond acceptors (Lipinski definition) is 2. The normalized spacial score (nSPS) is 12.3. The van der Waals surface area contributed by atoms with Crippen molar-refractivity contribution < 1.29 is 4.42 Å². The first-order valence-electron chi connectivity index (χ1n) is 12.5. The van der Waals surface area contributed by atoms with Crippen LogP contribution in [-0.2, 0) is 0 Å². The van der Waals surface area contributed by atoms with Crippen LogP contribution in [0.15, 0.2) is 120 Å². The Balaban J connectivity index is 1.43. The van der Waals surface area contributed by atoms with Gasteiger partial charge in [-0.1, -0.05) is 66.7 Å². The fraction of sp³-hybridized carbons (Fsp3) is 0. The van der Waals surface area contributed by atoms with Crippen LogP contribution in [0.3, 0.4) is 0 Å². The molecule has 2 nitrogen and oxygen atoms in total. The molecule has 0 radical (unpaired) electrons. The number of nitrogens with zero attached hydrogens (tertiary/aromatic N) is 1. The van der Waals surface area contributed by atoms with E-state index in [0.29, 0.717) is 0 Å². The summed E-state index contributed by atoms with van der Waals surface area (Å²) >= 11 is 1.89. The van der Waals surface area contributed by atoms with Gasteiger partial charge in [0.25, 0.3) is 0 Å². The third-order valence-corrected chi connectivity index (χ3v) is 8.99. The molecule has 9 aromatic rings. The molecule has 0 aliphatic rings. The molecule has 3 heteroatoms. The van der Waals surface area contributed by atoms with Crippen LogP contribution in [0.2, 0.25) is 0 Å². The third-order valence-electron chi connectivity index (χ3n) is 7.77. The Hall–Kier alpha value is -4.60. The van der Waals surface area contributed by atoms with E-state index in [1.54, 1.807) is 0 Å². The number of thiophene rings is 1. The summed E-state index contributed by atoms with van der Waals surface area (Å²) in [5.74, 6) is 0. The molecule has 9 rings (SSSR count). The van der Waals surface area contributed by atoms with E-state index >= 15 is 0 Å². The summed E-state index contributed by atoms with van der Waals surface area (Å²) < 4.78 is 11.2. The van der Waals surface area contributed by atoms with Gasteiger partial charge in [-0.15, -0.1) is 11.3 Å². The van der Waals surface area contributed by atoms with Gasteiger partial charge in [0.2, 0.25) is 0 Å². The van der Waals surface area contributed by atoms with Gasteiger partial charge in [0, 0.05) is 52.8 Å². The highest BCUT2D eigenvalue weighted by Crippen LogP contribution is 2.42. The summed E-state index contributed by atoms with van der Waals surface area (Å²) in [4.78, 5) is 0. The average Bonchev–Trinajstić information content (AvgIpc) is 3.61. The van der Waals surface area contributed by atoms with Gasteiger partial charge in [0.1, 0.15) is 11.2 Å². The SMILES string of the molecule is c1ccc2c(c1)oc1ccc(-n3c4ccccc4c4cc5ccc6c7ccccc7sc6c5cc43)cc12. The first-order valence-corrected chi connectivity index (χ1v) is 13.3. The molecule has 3 heterocycles. The Kier molecular flexibility index (Phi) is 3.70. The van der Waals surface area contributed by atoms with E-state index in [2.05, 4.69) is 108 Å². The first-order chi connectivity index (χ1) is 18.3. The third kappa shape index (κ3) is 2.59. The van der Waals surface area contributed by atoms with Gasteiger partial charge < -0.3 is 8.98 Å². The van der Waals surface area contributed by atoms with Crippen molar-refractivity contribution in [3.8, 4) is 5.69 Å². The first kappa shape index (κ1) is 19.6. The Bertz CT molecular complexity index is 2370. The molecule has 0 aliphatic carbocycles. The van der Waals surface area contributed by atoms with Crippen LogP contribution in [0.4, 0.5) is 0 Å². The number of fused-ring (bicyclic) bond motifs is 11. The summed E-state index contributed by atoms with van der Waals surface area (Å²) in [7, 11) is 0. The molecule has 0 N–H and O–H groups in total. The van der Waals surface area contributed by atoms with Crippen molar-refractivity contribution in [3.63, 3.8) is 0 Å². The highest BCUT2D eigenvalue weighted by Gasteiger charge is 2.17. The molecule has 37 heavy (non-hydrogen) atoms. The van der Waals surface area contributed by atoms with E-state index in [0.717, 1.165) is 27.6 Å². The zero-order valence-electron chi connectivity index (χ0n) is 19.7. The van der Waals surface area contributed by atoms with E-state index in [9.17, 15) is 0 Å². The standard InChI is InChI=1S/C34H19NOS/c1-4-10-29-22(7-1)27-17-20-13-15-25-24-9-3-6-12-33(24)37-34(25)26(20)19-30(27)35(29)21-14-16-32-28(18-21)23-8-2-5-11-31(23)36-32/h1-19H. The molecule has 0 bridgehead atoms. The summed E-state index contributed by atoms with van der Waals surface area (Å²) in [5, 5.41) is 10.1. The second-order valence-electron chi connectivity index (χ2n) is 9.76. The smallest absolute Gasteiger partial charge is 0.135 e. The van der Waals surface area contributed by atoms with Crippen LogP contribution in [0.1, 0.15) is 0 Å². The second-order valence-corrected chi connectivity index (χ2v) is 10.8. The maximum absolute atomic E-state index is 6.13. The number of furan rings is 1. The zero-order valence-corrected chi connectivity index (χ0v) is 20.5. The summed E-state index contributed by atoms with van der Waals surface area (Å²) in [5.41, 5.74) is 5.43. The summed E-state index contributed by atoms with van der Waals surface area (Å²) in [6.07, 6.45) is 0. The van der Waals surface area contributed by atoms with E-state index < -0.39 is 0 Å². The van der Waals surface area contributed by atoms with Crippen molar-refractivity contribution in [2.45, 2.75) is 0 Å². The predicted octanol–water partition coefficient (Wildman–Crippen LogP) is 10.2. The van der Waals surface area contributed by atoms with Crippen LogP contribution in [-0.4, -0.2) is 4.57 Å². The fourth-order valence-electron chi connectivity index (χ4n) is 6.10. The van der Waals surface area contributed by atoms with E-state index in [4.69, 9.17) is 4.42 Å². The topological polar surface area (TPSA) is 18.1 Å². The van der Waals surface area contributed by atoms with Crippen molar-refractivity contribution in [3.05, 3.63) is 115 Å². The number of aromatic nitrogens is 1. The van der Waals surface area contributed by atoms with Gasteiger partial charge in [0.05, 0.1) is 11.0 Å². The molecule has 0 amide bonds. The minimum Gasteiger partial charge on any atom is -0.456 e. The highest BCUT2D eigenvalue weighted by atomic mass is 32.1. The molecule has 172 valence electrons. The molecule has 0 fully saturated rings. The minimum absolute atomic E-state index is 0.920. The number of rotatable bonds is 1. The Morgan fingerprint density at radius 3 is 2.22 bits per heavy atom. The second kappa shape index (κ2) is 7.00. The molecular formula is C34H19NOS. The van der Waals surface area contributed by atoms with Gasteiger partial charge in [-0.25, -0.2) is 0 Å². The Morgan fingerprint density at radius 2 is 1.27 bits per heavy atom. The van der Waals surface area contributed by atoms with Crippen molar-refractivity contribution in [2.75, 3.05) is 0 Å². The van der Waals surface area contributed by atoms with Crippen molar-refractivity contribution in [1.29, 1.82) is 0 Å². The van der Waals surface area contributed by atoms with Gasteiger partial charge in [-0.2, -0.15) is 0 Å². The lowest BCUT2D eigenvalue weighted by Gasteiger charge is -2.09. The fourth-order valence-corrected chi connectivity index (χ4v) is 7.33. The van der Waals surface area contributed by atoms with Crippen molar-refractivity contribution in [2.24, 2.45) is 0 Å². The minimum atomic E-state index is 0.920. The van der Waals surface area contributed by atoms with E-state index in [1.165, 1.54) is 52.8 Å². The number of benzene rings is 6. The van der Waals surface area contributed by atoms with Crippen LogP contribution in [0, 0.1) is 0 Å². The summed E-state index contributed by atoms with van der Waals surface area (Å²) in [6.45, 7) is 0. The number of para-hydroxylation sites is 2. The van der Waals surface area contributed by atoms with Crippen LogP contribution >= 0.6 is 11.3 Å². The Morgan fingerprint density at radius 1 is 0.486 bits per heavy atom. The Labute approximate surface area is 215 Å². The van der Waals surface area contributed by atoms with Crippen LogP contribution < -0.4 is 0 Å².